The van der Waals surface area contributed by atoms with Crippen LogP contribution in [0.25, 0.3) is 0 Å². The van der Waals surface area contributed by atoms with Crippen LogP contribution in [0.3, 0.4) is 0 Å². The molecule has 33 heavy (non-hydrogen) atoms. The molecule has 0 aliphatic carbocycles. The number of rotatable bonds is 28. The van der Waals surface area contributed by atoms with Crippen LogP contribution in [-0.4, -0.2) is 58.6 Å². The second-order valence-electron chi connectivity index (χ2n) is 11.3. The van der Waals surface area contributed by atoms with E-state index in [0.717, 1.165) is 37.3 Å². The van der Waals surface area contributed by atoms with E-state index in [4.69, 9.17) is 9.47 Å². The summed E-state index contributed by atoms with van der Waals surface area (Å²) in [7, 11) is 6.81. The largest absolute Gasteiger partial charge is 0.381 e. The minimum absolute atomic E-state index is 0.859. The standard InChI is InChI=1S/C30H64NO2/c1-5-6-7-8-9-10-11-12-13-14-15-16-17-18-20-23-27-32-29-25-30-33-28-24-21-19-22-26-31(2,3)4/h5-30H2,1-4H3/q+1. The van der Waals surface area contributed by atoms with Gasteiger partial charge in [-0.05, 0) is 32.1 Å². The van der Waals surface area contributed by atoms with Crippen molar-refractivity contribution in [2.45, 2.75) is 142 Å². The van der Waals surface area contributed by atoms with Crippen molar-refractivity contribution in [1.29, 1.82) is 0 Å². The molecule has 0 bridgehead atoms. The Morgan fingerprint density at radius 1 is 0.364 bits per heavy atom. The molecular weight excluding hydrogens is 406 g/mol. The number of hydrogen-bond acceptors (Lipinski definition) is 2. The van der Waals surface area contributed by atoms with E-state index in [1.54, 1.807) is 0 Å². The number of unbranched alkanes of at least 4 members (excludes halogenated alkanes) is 18. The zero-order valence-corrected chi connectivity index (χ0v) is 23.6. The molecule has 0 fully saturated rings. The first-order chi connectivity index (χ1) is 16.1. The molecule has 0 aromatic heterocycles. The lowest BCUT2D eigenvalue weighted by Gasteiger charge is -2.23. The van der Waals surface area contributed by atoms with Gasteiger partial charge in [0.15, 0.2) is 0 Å². The summed E-state index contributed by atoms with van der Waals surface area (Å²) in [5, 5.41) is 0. The Labute approximate surface area is 210 Å². The van der Waals surface area contributed by atoms with Gasteiger partial charge in [-0.3, -0.25) is 0 Å². The summed E-state index contributed by atoms with van der Waals surface area (Å²) in [4.78, 5) is 0. The van der Waals surface area contributed by atoms with E-state index in [9.17, 15) is 0 Å². The quantitative estimate of drug-likeness (QED) is 0.0839. The lowest BCUT2D eigenvalue weighted by atomic mass is 10.0. The second-order valence-corrected chi connectivity index (χ2v) is 11.3. The van der Waals surface area contributed by atoms with Gasteiger partial charge in [0.25, 0.3) is 0 Å². The molecule has 0 unspecified atom stereocenters. The molecule has 0 aromatic carbocycles. The van der Waals surface area contributed by atoms with Crippen molar-refractivity contribution < 1.29 is 14.0 Å². The molecule has 0 rings (SSSR count). The van der Waals surface area contributed by atoms with Crippen molar-refractivity contribution >= 4 is 0 Å². The van der Waals surface area contributed by atoms with Gasteiger partial charge in [0.1, 0.15) is 0 Å². The molecule has 0 saturated carbocycles. The highest BCUT2D eigenvalue weighted by molar-refractivity contribution is 4.50. The lowest BCUT2D eigenvalue weighted by Crippen LogP contribution is -2.35. The molecule has 0 aliphatic heterocycles. The van der Waals surface area contributed by atoms with Gasteiger partial charge in [0.2, 0.25) is 0 Å². The summed E-state index contributed by atoms with van der Waals surface area (Å²) in [6.45, 7) is 7.15. The first-order valence-electron chi connectivity index (χ1n) is 15.0. The summed E-state index contributed by atoms with van der Waals surface area (Å²) >= 11 is 0. The summed E-state index contributed by atoms with van der Waals surface area (Å²) in [5.41, 5.74) is 0. The van der Waals surface area contributed by atoms with Gasteiger partial charge in [-0.1, -0.05) is 110 Å². The number of nitrogens with zero attached hydrogens (tertiary/aromatic N) is 1. The first-order valence-corrected chi connectivity index (χ1v) is 15.0. The van der Waals surface area contributed by atoms with Crippen molar-refractivity contribution in [1.82, 2.24) is 0 Å². The third-order valence-electron chi connectivity index (χ3n) is 6.59. The Kier molecular flexibility index (Phi) is 26.4. The molecule has 3 heteroatoms. The van der Waals surface area contributed by atoms with Crippen LogP contribution in [0.15, 0.2) is 0 Å². The van der Waals surface area contributed by atoms with Gasteiger partial charge in [-0.2, -0.15) is 0 Å². The van der Waals surface area contributed by atoms with E-state index >= 15 is 0 Å². The Bertz CT molecular complexity index is 354. The summed E-state index contributed by atoms with van der Waals surface area (Å²) < 4.78 is 12.6. The molecule has 0 amide bonds. The third kappa shape index (κ3) is 31.9. The van der Waals surface area contributed by atoms with Crippen molar-refractivity contribution in [3.8, 4) is 0 Å². The topological polar surface area (TPSA) is 18.5 Å². The molecule has 0 radical (unpaired) electrons. The molecule has 3 nitrogen and oxygen atoms in total. The van der Waals surface area contributed by atoms with Gasteiger partial charge in [-0.15, -0.1) is 0 Å². The molecular formula is C30H64NO2+. The highest BCUT2D eigenvalue weighted by Crippen LogP contribution is 2.13. The van der Waals surface area contributed by atoms with E-state index < -0.39 is 0 Å². The summed E-state index contributed by atoms with van der Waals surface area (Å²) in [5.74, 6) is 0. The van der Waals surface area contributed by atoms with Crippen molar-refractivity contribution in [3.63, 3.8) is 0 Å². The Morgan fingerprint density at radius 2 is 0.667 bits per heavy atom. The molecule has 0 heterocycles. The van der Waals surface area contributed by atoms with Gasteiger partial charge >= 0.3 is 0 Å². The van der Waals surface area contributed by atoms with Crippen LogP contribution >= 0.6 is 0 Å². The van der Waals surface area contributed by atoms with Crippen LogP contribution < -0.4 is 0 Å². The maximum absolute atomic E-state index is 5.76. The predicted molar refractivity (Wildman–Crippen MR) is 147 cm³/mol. The maximum Gasteiger partial charge on any atom is 0.0780 e. The fourth-order valence-electron chi connectivity index (χ4n) is 4.36. The first kappa shape index (κ1) is 32.9. The molecule has 0 aliphatic rings. The second kappa shape index (κ2) is 26.5. The summed E-state index contributed by atoms with van der Waals surface area (Å²) in [6.07, 6.45) is 29.0. The molecule has 0 saturated heterocycles. The van der Waals surface area contributed by atoms with Crippen molar-refractivity contribution in [2.75, 3.05) is 54.1 Å². The van der Waals surface area contributed by atoms with E-state index in [2.05, 4.69) is 28.1 Å². The predicted octanol–water partition coefficient (Wildman–Crippen LogP) is 8.94. The monoisotopic (exact) mass is 470 g/mol. The van der Waals surface area contributed by atoms with Crippen LogP contribution in [-0.2, 0) is 9.47 Å². The number of hydrogen-bond donors (Lipinski definition) is 0. The zero-order valence-electron chi connectivity index (χ0n) is 23.6. The summed E-state index contributed by atoms with van der Waals surface area (Å²) in [6, 6.07) is 0. The Hall–Kier alpha value is -0.120. The zero-order chi connectivity index (χ0) is 24.3. The average Bonchev–Trinajstić information content (AvgIpc) is 2.78. The van der Waals surface area contributed by atoms with Gasteiger partial charge in [-0.25, -0.2) is 0 Å². The van der Waals surface area contributed by atoms with Gasteiger partial charge in [0, 0.05) is 26.4 Å². The fraction of sp³-hybridized carbons (Fsp3) is 1.00. The normalized spacial score (nSPS) is 12.0. The number of ether oxygens (including phenoxy) is 2. The van der Waals surface area contributed by atoms with Crippen LogP contribution in [0.4, 0.5) is 0 Å². The van der Waals surface area contributed by atoms with Gasteiger partial charge in [0.05, 0.1) is 27.7 Å². The average molecular weight is 471 g/mol. The SMILES string of the molecule is CCCCCCCCCCCCCCCCCCOCCCOCCCCCC[N+](C)(C)C. The molecule has 0 N–H and O–H groups in total. The minimum Gasteiger partial charge on any atom is -0.381 e. The van der Waals surface area contributed by atoms with Crippen LogP contribution in [0.1, 0.15) is 142 Å². The number of quaternary nitrogens is 1. The van der Waals surface area contributed by atoms with E-state index in [-0.39, 0.29) is 0 Å². The molecule has 0 aromatic rings. The smallest absolute Gasteiger partial charge is 0.0780 e. The fourth-order valence-corrected chi connectivity index (χ4v) is 4.36. The van der Waals surface area contributed by atoms with Crippen LogP contribution in [0.5, 0.6) is 0 Å². The third-order valence-corrected chi connectivity index (χ3v) is 6.59. The van der Waals surface area contributed by atoms with E-state index in [1.807, 2.05) is 0 Å². The molecule has 200 valence electrons. The van der Waals surface area contributed by atoms with E-state index in [0.29, 0.717) is 0 Å². The Morgan fingerprint density at radius 3 is 1.03 bits per heavy atom. The van der Waals surface area contributed by atoms with Gasteiger partial charge < -0.3 is 14.0 Å². The minimum atomic E-state index is 0.859. The molecule has 0 spiro atoms. The van der Waals surface area contributed by atoms with Crippen LogP contribution in [0.2, 0.25) is 0 Å². The Balaban J connectivity index is 3.03. The maximum atomic E-state index is 5.76. The lowest BCUT2D eigenvalue weighted by molar-refractivity contribution is -0.870. The van der Waals surface area contributed by atoms with Crippen LogP contribution in [0, 0.1) is 0 Å². The molecule has 0 atom stereocenters. The highest BCUT2D eigenvalue weighted by Gasteiger charge is 2.05. The van der Waals surface area contributed by atoms with Crippen molar-refractivity contribution in [2.24, 2.45) is 0 Å². The highest BCUT2D eigenvalue weighted by atomic mass is 16.5. The van der Waals surface area contributed by atoms with E-state index in [1.165, 1.54) is 135 Å². The van der Waals surface area contributed by atoms with Crippen molar-refractivity contribution in [3.05, 3.63) is 0 Å².